The summed E-state index contributed by atoms with van der Waals surface area (Å²) in [5.74, 6) is 0.0331. The molecule has 0 aliphatic carbocycles. The Kier molecular flexibility index (Phi) is 6.65. The van der Waals surface area contributed by atoms with Crippen molar-refractivity contribution in [2.24, 2.45) is 5.92 Å². The highest BCUT2D eigenvalue weighted by Gasteiger charge is 2.18. The lowest BCUT2D eigenvalue weighted by Gasteiger charge is -2.14. The van der Waals surface area contributed by atoms with Crippen LogP contribution in [0.3, 0.4) is 0 Å². The molecule has 0 saturated carbocycles. The number of rotatable bonds is 6. The van der Waals surface area contributed by atoms with Crippen LogP contribution in [-0.2, 0) is 9.53 Å². The summed E-state index contributed by atoms with van der Waals surface area (Å²) in [6.45, 7) is 7.79. The fraction of sp³-hybridized carbons (Fsp3) is 0.818. The Morgan fingerprint density at radius 3 is 2.31 bits per heavy atom. The van der Waals surface area contributed by atoms with Gasteiger partial charge in [0.25, 0.3) is 0 Å². The smallest absolute Gasteiger partial charge is 0.309 e. The zero-order valence-corrected chi connectivity index (χ0v) is 9.22. The van der Waals surface area contributed by atoms with Gasteiger partial charge in [0.2, 0.25) is 0 Å². The van der Waals surface area contributed by atoms with Crippen LogP contribution in [0.5, 0.6) is 0 Å². The fourth-order valence-electron chi connectivity index (χ4n) is 1.22. The number of carbonyl (C=O) groups is 1. The van der Waals surface area contributed by atoms with Crippen LogP contribution >= 0.6 is 0 Å². The Morgan fingerprint density at radius 2 is 1.92 bits per heavy atom. The van der Waals surface area contributed by atoms with E-state index >= 15 is 0 Å². The first kappa shape index (κ1) is 12.5. The highest BCUT2D eigenvalue weighted by atomic mass is 16.5. The van der Waals surface area contributed by atoms with E-state index in [1.54, 1.807) is 0 Å². The number of hydrogen-bond acceptors (Lipinski definition) is 2. The summed E-state index contributed by atoms with van der Waals surface area (Å²) in [4.78, 5) is 11.4. The van der Waals surface area contributed by atoms with Crippen molar-refractivity contribution in [1.29, 1.82) is 0 Å². The van der Waals surface area contributed by atoms with E-state index < -0.39 is 0 Å². The monoisotopic (exact) mass is 185 g/mol. The van der Waals surface area contributed by atoms with Crippen LogP contribution in [0, 0.1) is 12.0 Å². The zero-order chi connectivity index (χ0) is 10.3. The maximum absolute atomic E-state index is 11.4. The van der Waals surface area contributed by atoms with Crippen molar-refractivity contribution >= 4 is 5.97 Å². The van der Waals surface area contributed by atoms with E-state index in [4.69, 9.17) is 4.74 Å². The van der Waals surface area contributed by atoms with E-state index in [0.717, 1.165) is 31.8 Å². The number of unbranched alkanes of at least 4 members (excludes halogenated alkanes) is 1. The third kappa shape index (κ3) is 5.67. The second-order valence-electron chi connectivity index (χ2n) is 3.58. The van der Waals surface area contributed by atoms with E-state index in [0.29, 0.717) is 0 Å². The lowest BCUT2D eigenvalue weighted by atomic mass is 10.00. The summed E-state index contributed by atoms with van der Waals surface area (Å²) >= 11 is 0. The number of carbonyl (C=O) groups excluding carboxylic acids is 1. The molecule has 0 amide bonds. The van der Waals surface area contributed by atoms with Crippen molar-refractivity contribution in [3.63, 3.8) is 0 Å². The van der Waals surface area contributed by atoms with Gasteiger partial charge >= 0.3 is 5.97 Å². The summed E-state index contributed by atoms with van der Waals surface area (Å²) in [5, 5.41) is 0. The number of esters is 1. The second kappa shape index (κ2) is 6.93. The molecule has 0 aromatic carbocycles. The minimum Gasteiger partial charge on any atom is -0.455 e. The van der Waals surface area contributed by atoms with E-state index in [1.165, 1.54) is 0 Å². The topological polar surface area (TPSA) is 26.3 Å². The van der Waals surface area contributed by atoms with Crippen LogP contribution in [0.25, 0.3) is 0 Å². The molecule has 2 nitrogen and oxygen atoms in total. The third-order valence-corrected chi connectivity index (χ3v) is 2.04. The lowest BCUT2D eigenvalue weighted by Crippen LogP contribution is -2.17. The van der Waals surface area contributed by atoms with Gasteiger partial charge in [-0.25, -0.2) is 0 Å². The molecule has 1 radical (unpaired) electrons. The predicted molar refractivity (Wildman–Crippen MR) is 54.0 cm³/mol. The van der Waals surface area contributed by atoms with Crippen LogP contribution < -0.4 is 0 Å². The largest absolute Gasteiger partial charge is 0.455 e. The molecule has 0 saturated heterocycles. The quantitative estimate of drug-likeness (QED) is 0.593. The number of ether oxygens (including phenoxy) is 1. The van der Waals surface area contributed by atoms with Crippen molar-refractivity contribution in [2.75, 3.05) is 0 Å². The van der Waals surface area contributed by atoms with Crippen LogP contribution in [0.4, 0.5) is 0 Å². The average molecular weight is 185 g/mol. The van der Waals surface area contributed by atoms with Gasteiger partial charge < -0.3 is 4.74 Å². The lowest BCUT2D eigenvalue weighted by molar-refractivity contribution is -0.147. The zero-order valence-electron chi connectivity index (χ0n) is 9.22. The van der Waals surface area contributed by atoms with E-state index in [-0.39, 0.29) is 11.9 Å². The van der Waals surface area contributed by atoms with Crippen molar-refractivity contribution in [1.82, 2.24) is 0 Å². The standard InChI is InChI=1S/C11H21O2/c1-5-7-8-10(6-2)11(12)13-9(3)4/h10H,5-8H2,1-4H3. The van der Waals surface area contributed by atoms with Crippen LogP contribution in [-0.4, -0.2) is 5.97 Å². The fourth-order valence-corrected chi connectivity index (χ4v) is 1.22. The molecule has 0 bridgehead atoms. The molecule has 0 aromatic heterocycles. The molecule has 13 heavy (non-hydrogen) atoms. The van der Waals surface area contributed by atoms with Gasteiger partial charge in [0, 0.05) is 0 Å². The Morgan fingerprint density at radius 1 is 1.31 bits per heavy atom. The SMILES string of the molecule is CCCCC(CC)C(=O)O[C](C)C. The van der Waals surface area contributed by atoms with Gasteiger partial charge in [-0.15, -0.1) is 0 Å². The van der Waals surface area contributed by atoms with Gasteiger partial charge in [-0.05, 0) is 26.7 Å². The molecule has 1 atom stereocenters. The second-order valence-corrected chi connectivity index (χ2v) is 3.58. The normalized spacial score (nSPS) is 13.0. The van der Waals surface area contributed by atoms with Gasteiger partial charge in [0.05, 0.1) is 5.92 Å². The molecule has 1 unspecified atom stereocenters. The first-order valence-corrected chi connectivity index (χ1v) is 5.13. The van der Waals surface area contributed by atoms with Crippen molar-refractivity contribution < 1.29 is 9.53 Å². The maximum Gasteiger partial charge on any atom is 0.309 e. The van der Waals surface area contributed by atoms with Gasteiger partial charge in [0.15, 0.2) is 0 Å². The highest BCUT2D eigenvalue weighted by Crippen LogP contribution is 2.16. The van der Waals surface area contributed by atoms with E-state index in [1.807, 2.05) is 20.8 Å². The molecule has 0 fully saturated rings. The van der Waals surface area contributed by atoms with Crippen LogP contribution in [0.15, 0.2) is 0 Å². The van der Waals surface area contributed by atoms with E-state index in [2.05, 4.69) is 6.92 Å². The molecule has 0 rings (SSSR count). The van der Waals surface area contributed by atoms with Crippen molar-refractivity contribution in [3.05, 3.63) is 6.10 Å². The average Bonchev–Trinajstić information content (AvgIpc) is 2.04. The van der Waals surface area contributed by atoms with E-state index in [9.17, 15) is 4.79 Å². The summed E-state index contributed by atoms with van der Waals surface area (Å²) < 4.78 is 5.08. The summed E-state index contributed by atoms with van der Waals surface area (Å²) in [5.41, 5.74) is 0. The molecular formula is C11H21O2. The Hall–Kier alpha value is -0.530. The molecular weight excluding hydrogens is 164 g/mol. The van der Waals surface area contributed by atoms with Gasteiger partial charge in [0.1, 0.15) is 6.10 Å². The molecule has 2 heteroatoms. The molecule has 0 N–H and O–H groups in total. The van der Waals surface area contributed by atoms with Crippen molar-refractivity contribution in [2.45, 2.75) is 53.4 Å². The van der Waals surface area contributed by atoms with Gasteiger partial charge in [-0.2, -0.15) is 0 Å². The highest BCUT2D eigenvalue weighted by molar-refractivity contribution is 5.72. The predicted octanol–water partition coefficient (Wildman–Crippen LogP) is 3.32. The van der Waals surface area contributed by atoms with Crippen LogP contribution in [0.1, 0.15) is 53.4 Å². The summed E-state index contributed by atoms with van der Waals surface area (Å²) in [6.07, 6.45) is 4.82. The Labute approximate surface area is 81.7 Å². The first-order valence-electron chi connectivity index (χ1n) is 5.13. The molecule has 0 spiro atoms. The minimum absolute atomic E-state index is 0.0593. The molecule has 0 aromatic rings. The number of hydrogen-bond donors (Lipinski definition) is 0. The van der Waals surface area contributed by atoms with Crippen LogP contribution in [0.2, 0.25) is 0 Å². The molecule has 0 heterocycles. The Bertz CT molecular complexity index is 141. The first-order chi connectivity index (χ1) is 6.11. The molecule has 0 aliphatic rings. The minimum atomic E-state index is -0.0593. The molecule has 77 valence electrons. The van der Waals surface area contributed by atoms with Crippen molar-refractivity contribution in [3.8, 4) is 0 Å². The summed E-state index contributed by atoms with van der Waals surface area (Å²) in [7, 11) is 0. The summed E-state index contributed by atoms with van der Waals surface area (Å²) in [6, 6.07) is 0. The van der Waals surface area contributed by atoms with Gasteiger partial charge in [-0.3, -0.25) is 4.79 Å². The molecule has 0 aliphatic heterocycles. The Balaban J connectivity index is 3.84. The van der Waals surface area contributed by atoms with Gasteiger partial charge in [-0.1, -0.05) is 26.7 Å². The third-order valence-electron chi connectivity index (χ3n) is 2.04. The maximum atomic E-state index is 11.4.